The minimum Gasteiger partial charge on any atom is -0.497 e. The summed E-state index contributed by atoms with van der Waals surface area (Å²) in [5, 5.41) is 2.84. The Labute approximate surface area is 208 Å². The average Bonchev–Trinajstić information content (AvgIpc) is 3.20. The summed E-state index contributed by atoms with van der Waals surface area (Å²) >= 11 is 0. The highest BCUT2D eigenvalue weighted by Crippen LogP contribution is 2.49. The largest absolute Gasteiger partial charge is 0.497 e. The van der Waals surface area contributed by atoms with E-state index in [1.54, 1.807) is 77.6 Å². The molecule has 9 heteroatoms. The third-order valence-electron chi connectivity index (χ3n) is 6.44. The van der Waals surface area contributed by atoms with Crippen LogP contribution in [0.3, 0.4) is 0 Å². The van der Waals surface area contributed by atoms with E-state index in [9.17, 15) is 14.4 Å². The summed E-state index contributed by atoms with van der Waals surface area (Å²) in [4.78, 5) is 43.2. The number of amides is 3. The quantitative estimate of drug-likeness (QED) is 0.544. The molecule has 0 radical (unpaired) electrons. The zero-order chi connectivity index (χ0) is 25.4. The monoisotopic (exact) mass is 487 g/mol. The van der Waals surface area contributed by atoms with Crippen molar-refractivity contribution in [2.24, 2.45) is 0 Å². The number of para-hydroxylation sites is 1. The number of carbonyl (C=O) groups excluding carboxylic acids is 3. The molecule has 0 bridgehead atoms. The summed E-state index contributed by atoms with van der Waals surface area (Å²) in [6.07, 6.45) is -0.662. The van der Waals surface area contributed by atoms with Gasteiger partial charge in [-0.2, -0.15) is 0 Å². The van der Waals surface area contributed by atoms with Crippen molar-refractivity contribution in [2.75, 3.05) is 38.1 Å². The zero-order valence-electron chi connectivity index (χ0n) is 20.1. The van der Waals surface area contributed by atoms with Gasteiger partial charge in [0.15, 0.2) is 11.5 Å². The van der Waals surface area contributed by atoms with Gasteiger partial charge < -0.3 is 24.4 Å². The molecule has 2 heterocycles. The van der Waals surface area contributed by atoms with Crippen molar-refractivity contribution in [1.29, 1.82) is 0 Å². The van der Waals surface area contributed by atoms with Gasteiger partial charge >= 0.3 is 0 Å². The van der Waals surface area contributed by atoms with E-state index < -0.39 is 6.17 Å². The Morgan fingerprint density at radius 1 is 0.889 bits per heavy atom. The lowest BCUT2D eigenvalue weighted by Gasteiger charge is -2.40. The number of anilines is 2. The summed E-state index contributed by atoms with van der Waals surface area (Å²) in [6, 6.07) is 17.5. The molecule has 1 atom stereocenters. The molecule has 0 aromatic heterocycles. The van der Waals surface area contributed by atoms with Crippen molar-refractivity contribution in [1.82, 2.24) is 4.90 Å². The topological polar surface area (TPSA) is 97.4 Å². The molecule has 0 fully saturated rings. The number of nitrogens with zero attached hydrogens (tertiary/aromatic N) is 2. The highest BCUT2D eigenvalue weighted by molar-refractivity contribution is 6.18. The lowest BCUT2D eigenvalue weighted by Crippen LogP contribution is -2.49. The standard InChI is InChI=1S/C27H25N3O6/c1-34-17-10-8-16(9-11-17)28-22(31)14-15-29-25-19-12-13-21(35-2)24(36-3)23(19)27(33)30(25)20-7-5-4-6-18(20)26(29)32/h4-13,25H,14-15H2,1-3H3,(H,28,31)/t25-/m1/s1. The molecular formula is C27H25N3O6. The van der Waals surface area contributed by atoms with E-state index in [1.807, 2.05) is 0 Å². The second kappa shape index (κ2) is 9.26. The lowest BCUT2D eigenvalue weighted by atomic mass is 10.0. The van der Waals surface area contributed by atoms with Crippen LogP contribution in [0.25, 0.3) is 0 Å². The van der Waals surface area contributed by atoms with E-state index in [2.05, 4.69) is 5.32 Å². The van der Waals surface area contributed by atoms with E-state index in [0.717, 1.165) is 0 Å². The fraction of sp³-hybridized carbons (Fsp3) is 0.222. The Morgan fingerprint density at radius 3 is 2.33 bits per heavy atom. The lowest BCUT2D eigenvalue weighted by molar-refractivity contribution is -0.116. The van der Waals surface area contributed by atoms with Gasteiger partial charge in [-0.05, 0) is 42.5 Å². The van der Waals surface area contributed by atoms with Gasteiger partial charge in [0.1, 0.15) is 11.9 Å². The number of rotatable bonds is 7. The van der Waals surface area contributed by atoms with Crippen molar-refractivity contribution >= 4 is 29.1 Å². The minimum absolute atomic E-state index is 0.0427. The van der Waals surface area contributed by atoms with Crippen LogP contribution < -0.4 is 24.4 Å². The van der Waals surface area contributed by atoms with Crippen molar-refractivity contribution in [2.45, 2.75) is 12.6 Å². The molecule has 2 aliphatic heterocycles. The molecule has 0 saturated heterocycles. The summed E-state index contributed by atoms with van der Waals surface area (Å²) < 4.78 is 16.1. The van der Waals surface area contributed by atoms with E-state index in [-0.39, 0.29) is 30.7 Å². The number of hydrogen-bond acceptors (Lipinski definition) is 6. The molecular weight excluding hydrogens is 462 g/mol. The van der Waals surface area contributed by atoms with Gasteiger partial charge in [-0.1, -0.05) is 18.2 Å². The van der Waals surface area contributed by atoms with Crippen molar-refractivity contribution in [3.05, 3.63) is 77.4 Å². The summed E-state index contributed by atoms with van der Waals surface area (Å²) in [7, 11) is 4.55. The Hall–Kier alpha value is -4.53. The Balaban J connectivity index is 1.47. The van der Waals surface area contributed by atoms with E-state index >= 15 is 0 Å². The molecule has 3 aromatic carbocycles. The molecule has 36 heavy (non-hydrogen) atoms. The first-order chi connectivity index (χ1) is 17.5. The number of ether oxygens (including phenoxy) is 3. The van der Waals surface area contributed by atoms with Crippen LogP contribution in [0, 0.1) is 0 Å². The van der Waals surface area contributed by atoms with Crippen LogP contribution in [0.5, 0.6) is 17.2 Å². The van der Waals surface area contributed by atoms with Crippen molar-refractivity contribution in [3.63, 3.8) is 0 Å². The zero-order valence-corrected chi connectivity index (χ0v) is 20.1. The molecule has 0 spiro atoms. The van der Waals surface area contributed by atoms with Gasteiger partial charge in [-0.25, -0.2) is 0 Å². The fourth-order valence-corrected chi connectivity index (χ4v) is 4.77. The van der Waals surface area contributed by atoms with Crippen LogP contribution in [0.1, 0.15) is 38.9 Å². The predicted octanol–water partition coefficient (Wildman–Crippen LogP) is 3.86. The summed E-state index contributed by atoms with van der Waals surface area (Å²) in [5.41, 5.74) is 2.51. The molecule has 0 unspecified atom stereocenters. The molecule has 0 aliphatic carbocycles. The molecule has 184 valence electrons. The summed E-state index contributed by atoms with van der Waals surface area (Å²) in [6.45, 7) is 0.109. The minimum atomic E-state index is -0.705. The van der Waals surface area contributed by atoms with E-state index in [0.29, 0.717) is 45.3 Å². The molecule has 0 saturated carbocycles. The first kappa shape index (κ1) is 23.2. The molecule has 3 amide bonds. The molecule has 5 rings (SSSR count). The molecule has 1 N–H and O–H groups in total. The number of fused-ring (bicyclic) bond motifs is 5. The Morgan fingerprint density at radius 2 is 1.64 bits per heavy atom. The maximum Gasteiger partial charge on any atom is 0.264 e. The first-order valence-corrected chi connectivity index (χ1v) is 11.4. The average molecular weight is 488 g/mol. The maximum absolute atomic E-state index is 13.7. The van der Waals surface area contributed by atoms with Crippen LogP contribution in [0.2, 0.25) is 0 Å². The third kappa shape index (κ3) is 3.69. The van der Waals surface area contributed by atoms with Crippen molar-refractivity contribution < 1.29 is 28.6 Å². The highest BCUT2D eigenvalue weighted by atomic mass is 16.5. The number of carbonyl (C=O) groups is 3. The Kier molecular flexibility index (Phi) is 5.97. The highest BCUT2D eigenvalue weighted by Gasteiger charge is 2.49. The number of methoxy groups -OCH3 is 3. The second-order valence-electron chi connectivity index (χ2n) is 8.36. The molecule has 2 aliphatic rings. The van der Waals surface area contributed by atoms with E-state index in [1.165, 1.54) is 14.2 Å². The van der Waals surface area contributed by atoms with Crippen LogP contribution in [-0.2, 0) is 4.79 Å². The van der Waals surface area contributed by atoms with Crippen LogP contribution in [-0.4, -0.2) is 50.5 Å². The van der Waals surface area contributed by atoms with Gasteiger partial charge in [0.25, 0.3) is 11.8 Å². The normalized spacial score (nSPS) is 15.7. The first-order valence-electron chi connectivity index (χ1n) is 11.4. The molecule has 3 aromatic rings. The Bertz CT molecular complexity index is 1350. The number of benzene rings is 3. The number of hydrogen-bond donors (Lipinski definition) is 1. The van der Waals surface area contributed by atoms with Crippen molar-refractivity contribution in [3.8, 4) is 17.2 Å². The second-order valence-corrected chi connectivity index (χ2v) is 8.36. The predicted molar refractivity (Wildman–Crippen MR) is 133 cm³/mol. The van der Waals surface area contributed by atoms with Crippen LogP contribution >= 0.6 is 0 Å². The number of nitrogens with one attached hydrogen (secondary N) is 1. The third-order valence-corrected chi connectivity index (χ3v) is 6.44. The van der Waals surface area contributed by atoms with Gasteiger partial charge in [0.2, 0.25) is 5.91 Å². The van der Waals surface area contributed by atoms with Gasteiger partial charge in [-0.15, -0.1) is 0 Å². The van der Waals surface area contributed by atoms with Gasteiger partial charge in [0, 0.05) is 24.2 Å². The molecule has 9 nitrogen and oxygen atoms in total. The maximum atomic E-state index is 13.7. The van der Waals surface area contributed by atoms with Crippen LogP contribution in [0.15, 0.2) is 60.7 Å². The van der Waals surface area contributed by atoms with E-state index in [4.69, 9.17) is 14.2 Å². The van der Waals surface area contributed by atoms with Gasteiger partial charge in [0.05, 0.1) is 38.1 Å². The van der Waals surface area contributed by atoms with Gasteiger partial charge in [-0.3, -0.25) is 19.3 Å². The smallest absolute Gasteiger partial charge is 0.264 e. The SMILES string of the molecule is COc1ccc(NC(=O)CCN2C(=O)c3ccccc3N3C(=O)c4c(ccc(OC)c4OC)[C@H]23)cc1. The van der Waals surface area contributed by atoms with Crippen LogP contribution in [0.4, 0.5) is 11.4 Å². The summed E-state index contributed by atoms with van der Waals surface area (Å²) in [5.74, 6) is 0.626. The fourth-order valence-electron chi connectivity index (χ4n) is 4.77.